The summed E-state index contributed by atoms with van der Waals surface area (Å²) in [7, 11) is 0. The van der Waals surface area contributed by atoms with Crippen molar-refractivity contribution in [3.8, 4) is 22.8 Å². The number of ether oxygens (including phenoxy) is 1. The summed E-state index contributed by atoms with van der Waals surface area (Å²) < 4.78 is 20.9. The number of rotatable bonds is 9. The fourth-order valence-corrected chi connectivity index (χ4v) is 8.65. The van der Waals surface area contributed by atoms with Crippen molar-refractivity contribution < 1.29 is 9.13 Å². The van der Waals surface area contributed by atoms with Crippen LogP contribution in [0.1, 0.15) is 70.4 Å². The molecule has 0 amide bonds. The van der Waals surface area contributed by atoms with Crippen LogP contribution in [0.3, 0.4) is 0 Å². The lowest BCUT2D eigenvalue weighted by Gasteiger charge is -2.57. The first-order chi connectivity index (χ1) is 21.5. The van der Waals surface area contributed by atoms with Crippen molar-refractivity contribution in [2.24, 2.45) is 17.3 Å². The zero-order chi connectivity index (χ0) is 29.8. The van der Waals surface area contributed by atoms with Gasteiger partial charge in [0, 0.05) is 66.9 Å². The molecule has 3 aromatic rings. The van der Waals surface area contributed by atoms with Gasteiger partial charge in [-0.25, -0.2) is 19.3 Å². The summed E-state index contributed by atoms with van der Waals surface area (Å²) in [6, 6.07) is 6.06. The second kappa shape index (κ2) is 11.3. The molecule has 5 heterocycles. The van der Waals surface area contributed by atoms with E-state index in [9.17, 15) is 4.39 Å². The lowest BCUT2D eigenvalue weighted by molar-refractivity contribution is -0.0782. The monoisotopic (exact) mass is 598 g/mol. The summed E-state index contributed by atoms with van der Waals surface area (Å²) in [6.07, 6.45) is 13.6. The Bertz CT molecular complexity index is 1500. The molecule has 0 bridgehead atoms. The molecule has 0 radical (unpaired) electrons. The van der Waals surface area contributed by atoms with E-state index >= 15 is 0 Å². The Balaban J connectivity index is 0.966. The largest absolute Gasteiger partial charge is 0.434 e. The lowest BCUT2D eigenvalue weighted by Crippen LogP contribution is -2.65. The summed E-state index contributed by atoms with van der Waals surface area (Å²) in [5, 5.41) is 8.43. The van der Waals surface area contributed by atoms with Gasteiger partial charge >= 0.3 is 0 Å². The Morgan fingerprint density at radius 1 is 0.977 bits per heavy atom. The van der Waals surface area contributed by atoms with E-state index in [-0.39, 0.29) is 11.2 Å². The normalized spacial score (nSPS) is 25.8. The highest BCUT2D eigenvalue weighted by Gasteiger charge is 2.53. The number of aromatic nitrogens is 5. The maximum absolute atomic E-state index is 14.5. The SMILES string of the molecule is CC(C)[C@H](C1CC(N2CCCC2)C1)N1CC2(CCN(c3ncnnc3Oc3ccc(F)cc3-c3cncnc3C3CC3)C2)C1. The molecule has 8 rings (SSSR count). The number of hydrogen-bond donors (Lipinski definition) is 0. The average molecular weight is 599 g/mol. The Labute approximate surface area is 259 Å². The van der Waals surface area contributed by atoms with Gasteiger partial charge in [-0.05, 0) is 88.1 Å². The van der Waals surface area contributed by atoms with Gasteiger partial charge in [-0.2, -0.15) is 0 Å². The molecular formula is C34H43FN8O. The number of anilines is 1. The van der Waals surface area contributed by atoms with E-state index in [1.807, 2.05) is 0 Å². The van der Waals surface area contributed by atoms with Gasteiger partial charge in [0.15, 0.2) is 5.82 Å². The van der Waals surface area contributed by atoms with E-state index in [1.54, 1.807) is 18.6 Å². The first-order valence-electron chi connectivity index (χ1n) is 16.6. The first kappa shape index (κ1) is 28.2. The standard InChI is InChI=1S/C34H43FN8O/c1-22(2)31(24-13-26(14-24)41-10-3-4-11-41)43-18-34(19-43)9-12-42(17-34)32-33(40-39-21-38-32)44-29-8-7-25(35)15-27(29)28-16-36-20-37-30(28)23-5-6-23/h7-8,15-16,20-24,26,31H,3-6,9-14,17-19H2,1-2H3/t24?,26?,31-/m1/s1. The van der Waals surface area contributed by atoms with E-state index in [0.717, 1.165) is 68.7 Å². The van der Waals surface area contributed by atoms with Crippen LogP contribution < -0.4 is 9.64 Å². The molecule has 10 heteroatoms. The molecule has 3 saturated heterocycles. The summed E-state index contributed by atoms with van der Waals surface area (Å²) in [5.41, 5.74) is 2.64. The molecule has 1 spiro atoms. The van der Waals surface area contributed by atoms with E-state index in [1.165, 1.54) is 57.2 Å². The zero-order valence-electron chi connectivity index (χ0n) is 25.9. The van der Waals surface area contributed by atoms with Crippen LogP contribution in [0.15, 0.2) is 37.1 Å². The number of nitrogens with zero attached hydrogens (tertiary/aromatic N) is 8. The summed E-state index contributed by atoms with van der Waals surface area (Å²) in [6.45, 7) is 11.6. The van der Waals surface area contributed by atoms with Crippen molar-refractivity contribution >= 4 is 5.82 Å². The molecular weight excluding hydrogens is 555 g/mol. The minimum Gasteiger partial charge on any atom is -0.434 e. The first-order valence-corrected chi connectivity index (χ1v) is 16.6. The van der Waals surface area contributed by atoms with Gasteiger partial charge in [-0.1, -0.05) is 13.8 Å². The molecule has 0 N–H and O–H groups in total. The van der Waals surface area contributed by atoms with Crippen LogP contribution in [0.5, 0.6) is 11.6 Å². The van der Waals surface area contributed by atoms with Crippen molar-refractivity contribution in [3.63, 3.8) is 0 Å². The summed E-state index contributed by atoms with van der Waals surface area (Å²) in [5.74, 6) is 3.09. The zero-order valence-corrected chi connectivity index (χ0v) is 25.9. The van der Waals surface area contributed by atoms with Crippen LogP contribution in [0.2, 0.25) is 0 Å². The third-order valence-corrected chi connectivity index (χ3v) is 10.9. The fraction of sp³-hybridized carbons (Fsp3) is 0.618. The predicted octanol–water partition coefficient (Wildman–Crippen LogP) is 5.55. The number of likely N-dealkylation sites (tertiary alicyclic amines) is 2. The smallest absolute Gasteiger partial charge is 0.282 e. The van der Waals surface area contributed by atoms with Crippen LogP contribution in [-0.2, 0) is 0 Å². The quantitative estimate of drug-likeness (QED) is 0.315. The minimum atomic E-state index is -0.334. The Kier molecular flexibility index (Phi) is 7.24. The maximum atomic E-state index is 14.5. The molecule has 9 nitrogen and oxygen atoms in total. The van der Waals surface area contributed by atoms with Crippen LogP contribution >= 0.6 is 0 Å². The summed E-state index contributed by atoms with van der Waals surface area (Å²) >= 11 is 0. The summed E-state index contributed by atoms with van der Waals surface area (Å²) in [4.78, 5) is 21.3. The van der Waals surface area contributed by atoms with Gasteiger partial charge in [-0.3, -0.25) is 4.90 Å². The third kappa shape index (κ3) is 5.23. The van der Waals surface area contributed by atoms with Gasteiger partial charge in [0.1, 0.15) is 24.2 Å². The third-order valence-electron chi connectivity index (χ3n) is 10.9. The number of benzene rings is 1. The minimum absolute atomic E-state index is 0.273. The molecule has 44 heavy (non-hydrogen) atoms. The molecule has 2 saturated carbocycles. The predicted molar refractivity (Wildman–Crippen MR) is 166 cm³/mol. The topological polar surface area (TPSA) is 83.4 Å². The Morgan fingerprint density at radius 3 is 2.57 bits per heavy atom. The van der Waals surface area contributed by atoms with Crippen LogP contribution in [0, 0.1) is 23.1 Å². The molecule has 5 aliphatic rings. The highest BCUT2D eigenvalue weighted by molar-refractivity contribution is 5.73. The van der Waals surface area contributed by atoms with Gasteiger partial charge < -0.3 is 14.5 Å². The second-order valence-corrected chi connectivity index (χ2v) is 14.4. The van der Waals surface area contributed by atoms with Crippen molar-refractivity contribution in [2.45, 2.75) is 76.8 Å². The lowest BCUT2D eigenvalue weighted by atomic mass is 9.68. The second-order valence-electron chi connectivity index (χ2n) is 14.4. The van der Waals surface area contributed by atoms with Crippen molar-refractivity contribution in [2.75, 3.05) is 44.2 Å². The molecule has 232 valence electrons. The molecule has 2 aliphatic carbocycles. The highest BCUT2D eigenvalue weighted by atomic mass is 19.1. The van der Waals surface area contributed by atoms with Gasteiger partial charge in [0.25, 0.3) is 5.88 Å². The van der Waals surface area contributed by atoms with Crippen molar-refractivity contribution in [3.05, 3.63) is 48.6 Å². The average Bonchev–Trinajstić information content (AvgIpc) is 3.50. The van der Waals surface area contributed by atoms with Gasteiger partial charge in [0.05, 0.1) is 5.69 Å². The molecule has 0 unspecified atom stereocenters. The molecule has 1 aromatic carbocycles. The van der Waals surface area contributed by atoms with Crippen LogP contribution in [0.25, 0.3) is 11.1 Å². The van der Waals surface area contributed by atoms with Crippen LogP contribution in [-0.4, -0.2) is 86.3 Å². The number of hydrogen-bond acceptors (Lipinski definition) is 9. The van der Waals surface area contributed by atoms with Gasteiger partial charge in [-0.15, -0.1) is 10.2 Å². The molecule has 2 aromatic heterocycles. The van der Waals surface area contributed by atoms with Crippen LogP contribution in [0.4, 0.5) is 10.2 Å². The molecule has 3 aliphatic heterocycles. The Morgan fingerprint density at radius 2 is 1.80 bits per heavy atom. The van der Waals surface area contributed by atoms with Crippen molar-refractivity contribution in [1.29, 1.82) is 0 Å². The van der Waals surface area contributed by atoms with Gasteiger partial charge in [0.2, 0.25) is 0 Å². The Hall–Kier alpha value is -3.24. The van der Waals surface area contributed by atoms with E-state index in [0.29, 0.717) is 40.9 Å². The van der Waals surface area contributed by atoms with Crippen molar-refractivity contribution in [1.82, 2.24) is 34.9 Å². The van der Waals surface area contributed by atoms with E-state index < -0.39 is 0 Å². The highest BCUT2D eigenvalue weighted by Crippen LogP contribution is 2.49. The van der Waals surface area contributed by atoms with E-state index in [4.69, 9.17) is 4.74 Å². The van der Waals surface area contributed by atoms with E-state index in [2.05, 4.69) is 53.7 Å². The maximum Gasteiger partial charge on any atom is 0.282 e. The molecule has 1 atom stereocenters. The number of halogens is 1. The fourth-order valence-electron chi connectivity index (χ4n) is 8.65. The molecule has 5 fully saturated rings.